The molecule has 0 radical (unpaired) electrons. The Bertz CT molecular complexity index is 1240. The third-order valence-corrected chi connectivity index (χ3v) is 4.98. The fraction of sp³-hybridized carbons (Fsp3) is 0.143. The topological polar surface area (TPSA) is 72.2 Å². The molecule has 0 saturated carbocycles. The van der Waals surface area contributed by atoms with E-state index in [-0.39, 0.29) is 18.0 Å². The number of hydrogen-bond acceptors (Lipinski definition) is 4. The van der Waals surface area contributed by atoms with Gasteiger partial charge in [0, 0.05) is 22.5 Å². The van der Waals surface area contributed by atoms with Crippen LogP contribution >= 0.6 is 11.6 Å². The average molecular weight is 410 g/mol. The van der Waals surface area contributed by atoms with Crippen molar-refractivity contribution in [1.82, 2.24) is 19.6 Å². The van der Waals surface area contributed by atoms with Crippen molar-refractivity contribution in [2.45, 2.75) is 20.3 Å². The first-order valence-corrected chi connectivity index (χ1v) is 9.34. The van der Waals surface area contributed by atoms with E-state index in [1.165, 1.54) is 12.1 Å². The predicted octanol–water partition coefficient (Wildman–Crippen LogP) is 4.38. The number of aryl methyl sites for hydroxylation is 2. The number of benzene rings is 2. The number of nitrogens with zero attached hydrogens (tertiary/aromatic N) is 4. The van der Waals surface area contributed by atoms with Gasteiger partial charge >= 0.3 is 0 Å². The van der Waals surface area contributed by atoms with Crippen molar-refractivity contribution >= 4 is 29.0 Å². The summed E-state index contributed by atoms with van der Waals surface area (Å²) in [5.74, 6) is 0.0594. The van der Waals surface area contributed by atoms with Crippen LogP contribution in [0.25, 0.3) is 17.2 Å². The van der Waals surface area contributed by atoms with E-state index >= 15 is 0 Å². The number of nitrogens with one attached hydrogen (secondary N) is 1. The van der Waals surface area contributed by atoms with Crippen LogP contribution in [0, 0.1) is 19.7 Å². The van der Waals surface area contributed by atoms with Crippen LogP contribution in [0.1, 0.15) is 17.0 Å². The van der Waals surface area contributed by atoms with Crippen LogP contribution in [0.15, 0.2) is 48.5 Å². The molecule has 146 valence electrons. The minimum Gasteiger partial charge on any atom is -0.323 e. The molecule has 0 bridgehead atoms. The molecule has 0 aliphatic heterocycles. The lowest BCUT2D eigenvalue weighted by Crippen LogP contribution is -2.18. The molecule has 0 atom stereocenters. The largest absolute Gasteiger partial charge is 0.323 e. The van der Waals surface area contributed by atoms with Crippen LogP contribution in [-0.2, 0) is 11.2 Å². The molecule has 1 amide bonds. The van der Waals surface area contributed by atoms with Crippen LogP contribution in [0.4, 0.5) is 10.1 Å². The Hall–Kier alpha value is -3.32. The van der Waals surface area contributed by atoms with Crippen LogP contribution in [0.3, 0.4) is 0 Å². The second-order valence-electron chi connectivity index (χ2n) is 6.59. The lowest BCUT2D eigenvalue weighted by atomic mass is 10.1. The van der Waals surface area contributed by atoms with Gasteiger partial charge in [-0.25, -0.2) is 13.9 Å². The van der Waals surface area contributed by atoms with Gasteiger partial charge in [-0.05, 0) is 38.1 Å². The van der Waals surface area contributed by atoms with E-state index in [1.54, 1.807) is 22.7 Å². The number of fused-ring (bicyclic) bond motifs is 1. The molecule has 0 unspecified atom stereocenters. The monoisotopic (exact) mass is 409 g/mol. The van der Waals surface area contributed by atoms with Gasteiger partial charge in [-0.15, -0.1) is 5.10 Å². The van der Waals surface area contributed by atoms with Gasteiger partial charge in [0.2, 0.25) is 5.91 Å². The van der Waals surface area contributed by atoms with Crippen molar-refractivity contribution in [1.29, 1.82) is 0 Å². The molecule has 1 N–H and O–H groups in total. The van der Waals surface area contributed by atoms with Crippen molar-refractivity contribution in [2.75, 3.05) is 5.32 Å². The Balaban J connectivity index is 1.67. The zero-order valence-corrected chi connectivity index (χ0v) is 16.5. The Morgan fingerprint density at radius 2 is 1.83 bits per heavy atom. The lowest BCUT2D eigenvalue weighted by Gasteiger charge is -2.11. The molecule has 0 aliphatic rings. The zero-order valence-electron chi connectivity index (χ0n) is 15.8. The SMILES string of the molecule is Cc1nc2nc(-c3ccccc3Cl)nn2c(C)c1CC(=O)Nc1ccccc1F. The van der Waals surface area contributed by atoms with Gasteiger partial charge in [0.15, 0.2) is 5.82 Å². The highest BCUT2D eigenvalue weighted by Gasteiger charge is 2.18. The van der Waals surface area contributed by atoms with Crippen molar-refractivity contribution in [3.8, 4) is 11.4 Å². The Kier molecular flexibility index (Phi) is 4.98. The number of amides is 1. The van der Waals surface area contributed by atoms with Gasteiger partial charge in [0.1, 0.15) is 5.82 Å². The van der Waals surface area contributed by atoms with Gasteiger partial charge in [-0.2, -0.15) is 4.98 Å². The molecule has 4 aromatic rings. The summed E-state index contributed by atoms with van der Waals surface area (Å²) in [4.78, 5) is 21.4. The third kappa shape index (κ3) is 3.69. The maximum absolute atomic E-state index is 13.8. The molecule has 6 nitrogen and oxygen atoms in total. The predicted molar refractivity (Wildman–Crippen MR) is 109 cm³/mol. The normalized spacial score (nSPS) is 11.0. The van der Waals surface area contributed by atoms with Crippen molar-refractivity contribution in [3.05, 3.63) is 76.3 Å². The maximum Gasteiger partial charge on any atom is 0.253 e. The van der Waals surface area contributed by atoms with Gasteiger partial charge in [0.05, 0.1) is 17.1 Å². The molecule has 2 heterocycles. The lowest BCUT2D eigenvalue weighted by molar-refractivity contribution is -0.115. The molecule has 0 aliphatic carbocycles. The van der Waals surface area contributed by atoms with Gasteiger partial charge < -0.3 is 5.32 Å². The Morgan fingerprint density at radius 3 is 2.59 bits per heavy atom. The van der Waals surface area contributed by atoms with E-state index < -0.39 is 5.82 Å². The van der Waals surface area contributed by atoms with Crippen LogP contribution in [-0.4, -0.2) is 25.5 Å². The minimum atomic E-state index is -0.483. The summed E-state index contributed by atoms with van der Waals surface area (Å²) in [5.41, 5.74) is 2.96. The van der Waals surface area contributed by atoms with Crippen LogP contribution in [0.5, 0.6) is 0 Å². The molecule has 8 heteroatoms. The van der Waals surface area contributed by atoms with Gasteiger partial charge in [0.25, 0.3) is 5.78 Å². The molecule has 4 rings (SSSR count). The van der Waals surface area contributed by atoms with Crippen LogP contribution in [0.2, 0.25) is 5.02 Å². The molecule has 29 heavy (non-hydrogen) atoms. The highest BCUT2D eigenvalue weighted by atomic mass is 35.5. The summed E-state index contributed by atoms with van der Waals surface area (Å²) < 4.78 is 15.4. The summed E-state index contributed by atoms with van der Waals surface area (Å²) in [5, 5.41) is 7.66. The molecule has 2 aromatic heterocycles. The fourth-order valence-corrected chi connectivity index (χ4v) is 3.36. The Morgan fingerprint density at radius 1 is 1.10 bits per heavy atom. The molecule has 0 spiro atoms. The van der Waals surface area contributed by atoms with Gasteiger partial charge in [-0.3, -0.25) is 4.79 Å². The number of para-hydroxylation sites is 1. The zero-order chi connectivity index (χ0) is 20.5. The standard InChI is InChI=1S/C21H17ClFN5O/c1-12-15(11-19(29)25-18-10-6-5-9-17(18)23)13(2)28-21(24-12)26-20(27-28)14-7-3-4-8-16(14)22/h3-10H,11H2,1-2H3,(H,25,29). The molecular weight excluding hydrogens is 393 g/mol. The summed E-state index contributed by atoms with van der Waals surface area (Å²) in [6, 6.07) is 13.3. The number of carbonyl (C=O) groups is 1. The van der Waals surface area contributed by atoms with E-state index in [1.807, 2.05) is 32.0 Å². The first kappa shape index (κ1) is 19.0. The average Bonchev–Trinajstić information content (AvgIpc) is 3.11. The number of rotatable bonds is 4. The summed E-state index contributed by atoms with van der Waals surface area (Å²) in [7, 11) is 0. The summed E-state index contributed by atoms with van der Waals surface area (Å²) in [6.07, 6.45) is 0.0379. The highest BCUT2D eigenvalue weighted by molar-refractivity contribution is 6.33. The molecule has 0 fully saturated rings. The Labute approximate surface area is 171 Å². The number of aromatic nitrogens is 4. The number of carbonyl (C=O) groups excluding carboxylic acids is 1. The van der Waals surface area contributed by atoms with Crippen molar-refractivity contribution in [3.63, 3.8) is 0 Å². The second kappa shape index (κ2) is 7.60. The second-order valence-corrected chi connectivity index (χ2v) is 7.00. The summed E-state index contributed by atoms with van der Waals surface area (Å²) >= 11 is 6.25. The molecule has 2 aromatic carbocycles. The van der Waals surface area contributed by atoms with Crippen LogP contribution < -0.4 is 5.32 Å². The highest BCUT2D eigenvalue weighted by Crippen LogP contribution is 2.26. The van der Waals surface area contributed by atoms with Gasteiger partial charge in [-0.1, -0.05) is 35.9 Å². The molecular formula is C21H17ClFN5O. The molecule has 0 saturated heterocycles. The fourth-order valence-electron chi connectivity index (χ4n) is 3.14. The number of hydrogen-bond donors (Lipinski definition) is 1. The minimum absolute atomic E-state index is 0.0379. The number of halogens is 2. The first-order chi connectivity index (χ1) is 13.9. The summed E-state index contributed by atoms with van der Waals surface area (Å²) in [6.45, 7) is 3.65. The van der Waals surface area contributed by atoms with E-state index in [4.69, 9.17) is 11.6 Å². The van der Waals surface area contributed by atoms with Crippen molar-refractivity contribution in [2.24, 2.45) is 0 Å². The smallest absolute Gasteiger partial charge is 0.253 e. The first-order valence-electron chi connectivity index (χ1n) is 8.96. The quantitative estimate of drug-likeness (QED) is 0.543. The maximum atomic E-state index is 13.8. The van der Waals surface area contributed by atoms with E-state index in [0.717, 1.165) is 5.69 Å². The van der Waals surface area contributed by atoms with E-state index in [9.17, 15) is 9.18 Å². The van der Waals surface area contributed by atoms with E-state index in [0.29, 0.717) is 33.4 Å². The number of anilines is 1. The third-order valence-electron chi connectivity index (χ3n) is 4.65. The van der Waals surface area contributed by atoms with Crippen molar-refractivity contribution < 1.29 is 9.18 Å². The van der Waals surface area contributed by atoms with E-state index in [2.05, 4.69) is 20.4 Å².